The molecule has 19 heavy (non-hydrogen) atoms. The lowest BCUT2D eigenvalue weighted by atomic mass is 9.91. The molecule has 1 aromatic rings. The van der Waals surface area contributed by atoms with E-state index in [1.54, 1.807) is 12.1 Å². The molecule has 0 amide bonds. The zero-order valence-corrected chi connectivity index (χ0v) is 11.7. The van der Waals surface area contributed by atoms with Crippen LogP contribution in [0.4, 0.5) is 5.69 Å². The number of methoxy groups -OCH3 is 1. The second kappa shape index (κ2) is 6.78. The highest BCUT2D eigenvalue weighted by molar-refractivity contribution is 6.30. The van der Waals surface area contributed by atoms with E-state index in [1.165, 1.54) is 7.11 Å². The molecule has 0 aliphatic carbocycles. The molecule has 4 nitrogen and oxygen atoms in total. The molecule has 1 unspecified atom stereocenters. The average Bonchev–Trinajstić information content (AvgIpc) is 2.45. The highest BCUT2D eigenvalue weighted by Crippen LogP contribution is 2.24. The van der Waals surface area contributed by atoms with Gasteiger partial charge < -0.3 is 14.8 Å². The first-order valence-electron chi connectivity index (χ1n) is 6.38. The summed E-state index contributed by atoms with van der Waals surface area (Å²) in [6.07, 6.45) is 1.71. The van der Waals surface area contributed by atoms with Crippen LogP contribution in [0.5, 0.6) is 0 Å². The van der Waals surface area contributed by atoms with E-state index in [4.69, 9.17) is 21.1 Å². The predicted molar refractivity (Wildman–Crippen MR) is 74.4 cm³/mol. The molecule has 1 aliphatic rings. The number of carbonyl (C=O) groups is 1. The van der Waals surface area contributed by atoms with Crippen LogP contribution in [0, 0.1) is 5.92 Å². The molecule has 2 rings (SSSR count). The fourth-order valence-electron chi connectivity index (χ4n) is 2.30. The molecule has 5 heteroatoms. The topological polar surface area (TPSA) is 47.6 Å². The Labute approximate surface area is 118 Å². The van der Waals surface area contributed by atoms with Crippen LogP contribution in [0.3, 0.4) is 0 Å². The minimum absolute atomic E-state index is 0.222. The zero-order valence-electron chi connectivity index (χ0n) is 10.9. The van der Waals surface area contributed by atoms with E-state index in [0.29, 0.717) is 18.2 Å². The first-order chi connectivity index (χ1) is 9.20. The van der Waals surface area contributed by atoms with E-state index in [0.717, 1.165) is 18.5 Å². The maximum atomic E-state index is 11.9. The summed E-state index contributed by atoms with van der Waals surface area (Å²) in [4.78, 5) is 11.9. The van der Waals surface area contributed by atoms with Crippen molar-refractivity contribution in [3.8, 4) is 0 Å². The predicted octanol–water partition coefficient (Wildman–Crippen LogP) is 2.72. The Morgan fingerprint density at radius 3 is 2.84 bits per heavy atom. The van der Waals surface area contributed by atoms with Gasteiger partial charge >= 0.3 is 5.97 Å². The smallest absolute Gasteiger partial charge is 0.328 e. The fourth-order valence-corrected chi connectivity index (χ4v) is 2.49. The van der Waals surface area contributed by atoms with Crippen LogP contribution < -0.4 is 5.32 Å². The number of anilines is 1. The van der Waals surface area contributed by atoms with Gasteiger partial charge in [0.1, 0.15) is 6.04 Å². The molecule has 0 radical (unpaired) electrons. The van der Waals surface area contributed by atoms with Crippen molar-refractivity contribution in [3.63, 3.8) is 0 Å². The van der Waals surface area contributed by atoms with Crippen LogP contribution in [0.15, 0.2) is 24.3 Å². The molecule has 1 fully saturated rings. The van der Waals surface area contributed by atoms with Crippen LogP contribution in [0.1, 0.15) is 12.8 Å². The largest absolute Gasteiger partial charge is 0.467 e. The monoisotopic (exact) mass is 283 g/mol. The molecule has 1 heterocycles. The van der Waals surface area contributed by atoms with E-state index < -0.39 is 0 Å². The van der Waals surface area contributed by atoms with Crippen molar-refractivity contribution in [2.24, 2.45) is 5.92 Å². The maximum Gasteiger partial charge on any atom is 0.328 e. The van der Waals surface area contributed by atoms with E-state index in [9.17, 15) is 4.79 Å². The number of benzene rings is 1. The lowest BCUT2D eigenvalue weighted by Crippen LogP contribution is -2.40. The minimum atomic E-state index is -0.354. The molecule has 1 aromatic carbocycles. The van der Waals surface area contributed by atoms with Crippen LogP contribution >= 0.6 is 11.6 Å². The zero-order chi connectivity index (χ0) is 13.7. The third-order valence-corrected chi connectivity index (χ3v) is 3.57. The lowest BCUT2D eigenvalue weighted by molar-refractivity contribution is -0.143. The molecule has 1 saturated heterocycles. The second-order valence-electron chi connectivity index (χ2n) is 4.61. The van der Waals surface area contributed by atoms with E-state index in [1.807, 2.05) is 12.1 Å². The van der Waals surface area contributed by atoms with Gasteiger partial charge in [0.05, 0.1) is 7.11 Å². The highest BCUT2D eigenvalue weighted by atomic mass is 35.5. The van der Waals surface area contributed by atoms with Gasteiger partial charge in [0.25, 0.3) is 0 Å². The van der Waals surface area contributed by atoms with Gasteiger partial charge in [0, 0.05) is 23.9 Å². The molecular weight excluding hydrogens is 266 g/mol. The molecule has 0 spiro atoms. The van der Waals surface area contributed by atoms with E-state index in [2.05, 4.69) is 5.32 Å². The summed E-state index contributed by atoms with van der Waals surface area (Å²) in [5.41, 5.74) is 0.828. The summed E-state index contributed by atoms with van der Waals surface area (Å²) < 4.78 is 10.2. The third-order valence-electron chi connectivity index (χ3n) is 3.34. The molecule has 1 atom stereocenters. The van der Waals surface area contributed by atoms with Crippen LogP contribution in [-0.2, 0) is 14.3 Å². The summed E-state index contributed by atoms with van der Waals surface area (Å²) in [5.74, 6) is -0.0212. The van der Waals surface area contributed by atoms with Gasteiger partial charge in [-0.1, -0.05) is 17.7 Å². The lowest BCUT2D eigenvalue weighted by Gasteiger charge is -2.29. The quantitative estimate of drug-likeness (QED) is 0.863. The Hall–Kier alpha value is -1.26. The first kappa shape index (κ1) is 14.2. The Balaban J connectivity index is 2.11. The summed E-state index contributed by atoms with van der Waals surface area (Å²) in [7, 11) is 1.41. The standard InChI is InChI=1S/C14H18ClNO3/c1-18-14(17)13(10-5-7-19-8-6-10)16-12-4-2-3-11(15)9-12/h2-4,9-10,13,16H,5-8H2,1H3. The molecular formula is C14H18ClNO3. The molecule has 0 aromatic heterocycles. The third kappa shape index (κ3) is 3.85. The van der Waals surface area contributed by atoms with Crippen molar-refractivity contribution in [2.45, 2.75) is 18.9 Å². The van der Waals surface area contributed by atoms with Gasteiger partial charge in [0.2, 0.25) is 0 Å². The number of nitrogens with one attached hydrogen (secondary N) is 1. The average molecular weight is 284 g/mol. The maximum absolute atomic E-state index is 11.9. The number of carbonyl (C=O) groups excluding carboxylic acids is 1. The van der Waals surface area contributed by atoms with E-state index >= 15 is 0 Å². The normalized spacial score (nSPS) is 17.8. The Bertz CT molecular complexity index is 432. The van der Waals surface area contributed by atoms with Gasteiger partial charge in [-0.25, -0.2) is 4.79 Å². The summed E-state index contributed by atoms with van der Waals surface area (Å²) in [6, 6.07) is 6.99. The summed E-state index contributed by atoms with van der Waals surface area (Å²) in [6.45, 7) is 1.38. The van der Waals surface area contributed by atoms with Gasteiger partial charge in [-0.2, -0.15) is 0 Å². The van der Waals surface area contributed by atoms with Gasteiger partial charge in [0.15, 0.2) is 0 Å². The molecule has 0 bridgehead atoms. The van der Waals surface area contributed by atoms with Crippen molar-refractivity contribution >= 4 is 23.3 Å². The Morgan fingerprint density at radius 1 is 1.47 bits per heavy atom. The fraction of sp³-hybridized carbons (Fsp3) is 0.500. The SMILES string of the molecule is COC(=O)C(Nc1cccc(Cl)c1)C1CCOCC1. The number of ether oxygens (including phenoxy) is 2. The highest BCUT2D eigenvalue weighted by Gasteiger charge is 2.30. The number of esters is 1. The number of hydrogen-bond acceptors (Lipinski definition) is 4. The summed E-state index contributed by atoms with van der Waals surface area (Å²) in [5, 5.41) is 3.87. The Kier molecular flexibility index (Phi) is 5.05. The Morgan fingerprint density at radius 2 is 2.21 bits per heavy atom. The van der Waals surface area contributed by atoms with Crippen LogP contribution in [0.2, 0.25) is 5.02 Å². The number of hydrogen-bond donors (Lipinski definition) is 1. The first-order valence-corrected chi connectivity index (χ1v) is 6.76. The van der Waals surface area contributed by atoms with Crippen molar-refractivity contribution in [1.82, 2.24) is 0 Å². The molecule has 104 valence electrons. The van der Waals surface area contributed by atoms with Crippen LogP contribution in [0.25, 0.3) is 0 Å². The van der Waals surface area contributed by atoms with Gasteiger partial charge in [-0.05, 0) is 37.0 Å². The molecule has 1 N–H and O–H groups in total. The second-order valence-corrected chi connectivity index (χ2v) is 5.04. The molecule has 0 saturated carbocycles. The van der Waals surface area contributed by atoms with Gasteiger partial charge in [-0.15, -0.1) is 0 Å². The van der Waals surface area contributed by atoms with Crippen molar-refractivity contribution in [1.29, 1.82) is 0 Å². The van der Waals surface area contributed by atoms with Crippen LogP contribution in [-0.4, -0.2) is 32.3 Å². The van der Waals surface area contributed by atoms with Crippen molar-refractivity contribution < 1.29 is 14.3 Å². The van der Waals surface area contributed by atoms with E-state index in [-0.39, 0.29) is 17.9 Å². The van der Waals surface area contributed by atoms with Crippen molar-refractivity contribution in [2.75, 3.05) is 25.6 Å². The van der Waals surface area contributed by atoms with Crippen molar-refractivity contribution in [3.05, 3.63) is 29.3 Å². The number of rotatable bonds is 4. The van der Waals surface area contributed by atoms with Gasteiger partial charge in [-0.3, -0.25) is 0 Å². The minimum Gasteiger partial charge on any atom is -0.467 e. The summed E-state index contributed by atoms with van der Waals surface area (Å²) >= 11 is 5.95. The number of halogens is 1. The molecule has 1 aliphatic heterocycles.